The predicted octanol–water partition coefficient (Wildman–Crippen LogP) is 0.908. The van der Waals surface area contributed by atoms with E-state index in [-0.39, 0.29) is 5.91 Å². The van der Waals surface area contributed by atoms with Crippen molar-refractivity contribution in [2.45, 2.75) is 13.0 Å². The van der Waals surface area contributed by atoms with Crippen molar-refractivity contribution in [3.63, 3.8) is 0 Å². The zero-order valence-corrected chi connectivity index (χ0v) is 10.5. The maximum Gasteiger partial charge on any atom is 0.251 e. The largest absolute Gasteiger partial charge is 0.346 e. The lowest BCUT2D eigenvalue weighted by atomic mass is 10.1. The van der Waals surface area contributed by atoms with Crippen molar-refractivity contribution < 1.29 is 4.79 Å². The standard InChI is InChI=1S/C14H16N4O/c15-6-4-11-2-1-3-12(8-11)14(19)17-9-13-5-7-16-10-18-13/h1-3,5,7-8,10H,4,6,9,15H2,(H,17,19). The number of hydrogen-bond acceptors (Lipinski definition) is 4. The van der Waals surface area contributed by atoms with Crippen LogP contribution >= 0.6 is 0 Å². The van der Waals surface area contributed by atoms with Crippen LogP contribution in [0.2, 0.25) is 0 Å². The second kappa shape index (κ2) is 6.61. The second-order valence-corrected chi connectivity index (χ2v) is 4.12. The van der Waals surface area contributed by atoms with Gasteiger partial charge in [-0.3, -0.25) is 4.79 Å². The van der Waals surface area contributed by atoms with Gasteiger partial charge in [0.25, 0.3) is 5.91 Å². The van der Waals surface area contributed by atoms with E-state index < -0.39 is 0 Å². The quantitative estimate of drug-likeness (QED) is 0.833. The zero-order chi connectivity index (χ0) is 13.5. The summed E-state index contributed by atoms with van der Waals surface area (Å²) in [7, 11) is 0. The number of carbonyl (C=O) groups is 1. The fourth-order valence-electron chi connectivity index (χ4n) is 1.73. The summed E-state index contributed by atoms with van der Waals surface area (Å²) in [6, 6.07) is 9.25. The number of aromatic nitrogens is 2. The van der Waals surface area contributed by atoms with E-state index in [1.54, 1.807) is 18.3 Å². The van der Waals surface area contributed by atoms with Gasteiger partial charge in [-0.1, -0.05) is 12.1 Å². The number of rotatable bonds is 5. The van der Waals surface area contributed by atoms with E-state index in [1.165, 1.54) is 6.33 Å². The van der Waals surface area contributed by atoms with Crippen LogP contribution in [-0.4, -0.2) is 22.4 Å². The third-order valence-corrected chi connectivity index (χ3v) is 2.70. The van der Waals surface area contributed by atoms with Crippen LogP contribution in [0.3, 0.4) is 0 Å². The molecule has 0 atom stereocenters. The minimum atomic E-state index is -0.113. The molecule has 0 radical (unpaired) electrons. The molecule has 1 heterocycles. The molecule has 0 aliphatic heterocycles. The summed E-state index contributed by atoms with van der Waals surface area (Å²) in [5.74, 6) is -0.113. The summed E-state index contributed by atoms with van der Waals surface area (Å²) in [6.45, 7) is 0.967. The van der Waals surface area contributed by atoms with Crippen molar-refractivity contribution >= 4 is 5.91 Å². The first-order valence-electron chi connectivity index (χ1n) is 6.11. The molecule has 3 N–H and O–H groups in total. The van der Waals surface area contributed by atoms with E-state index in [0.29, 0.717) is 18.7 Å². The number of amides is 1. The third-order valence-electron chi connectivity index (χ3n) is 2.70. The Balaban J connectivity index is 1.98. The van der Waals surface area contributed by atoms with Gasteiger partial charge in [0, 0.05) is 11.8 Å². The Morgan fingerprint density at radius 3 is 2.95 bits per heavy atom. The summed E-state index contributed by atoms with van der Waals surface area (Å²) in [4.78, 5) is 19.9. The van der Waals surface area contributed by atoms with E-state index >= 15 is 0 Å². The Kier molecular flexibility index (Phi) is 4.58. The van der Waals surface area contributed by atoms with Crippen LogP contribution in [-0.2, 0) is 13.0 Å². The van der Waals surface area contributed by atoms with E-state index in [0.717, 1.165) is 17.7 Å². The van der Waals surface area contributed by atoms with Crippen molar-refractivity contribution in [3.05, 3.63) is 59.7 Å². The van der Waals surface area contributed by atoms with Gasteiger partial charge >= 0.3 is 0 Å². The van der Waals surface area contributed by atoms with Crippen molar-refractivity contribution in [2.75, 3.05) is 6.54 Å². The van der Waals surface area contributed by atoms with Crippen LogP contribution in [0.4, 0.5) is 0 Å². The molecule has 0 saturated carbocycles. The molecule has 1 amide bonds. The Morgan fingerprint density at radius 1 is 1.32 bits per heavy atom. The average Bonchev–Trinajstić information content (AvgIpc) is 2.46. The first-order chi connectivity index (χ1) is 9.29. The van der Waals surface area contributed by atoms with Gasteiger partial charge in [-0.2, -0.15) is 0 Å². The molecule has 0 aliphatic rings. The summed E-state index contributed by atoms with van der Waals surface area (Å²) < 4.78 is 0. The smallest absolute Gasteiger partial charge is 0.251 e. The Labute approximate surface area is 111 Å². The van der Waals surface area contributed by atoms with E-state index in [2.05, 4.69) is 15.3 Å². The van der Waals surface area contributed by atoms with Crippen LogP contribution in [0.5, 0.6) is 0 Å². The van der Waals surface area contributed by atoms with Crippen LogP contribution in [0.15, 0.2) is 42.9 Å². The number of nitrogens with one attached hydrogen (secondary N) is 1. The highest BCUT2D eigenvalue weighted by Crippen LogP contribution is 2.06. The van der Waals surface area contributed by atoms with Gasteiger partial charge in [-0.05, 0) is 36.7 Å². The van der Waals surface area contributed by atoms with Crippen LogP contribution in [0, 0.1) is 0 Å². The minimum absolute atomic E-state index is 0.113. The topological polar surface area (TPSA) is 80.9 Å². The highest BCUT2D eigenvalue weighted by atomic mass is 16.1. The first kappa shape index (κ1) is 13.2. The number of benzene rings is 1. The molecule has 98 valence electrons. The lowest BCUT2D eigenvalue weighted by Crippen LogP contribution is -2.23. The fraction of sp³-hybridized carbons (Fsp3) is 0.214. The van der Waals surface area contributed by atoms with Gasteiger partial charge < -0.3 is 11.1 Å². The number of hydrogen-bond donors (Lipinski definition) is 2. The van der Waals surface area contributed by atoms with E-state index in [9.17, 15) is 4.79 Å². The molecule has 5 heteroatoms. The van der Waals surface area contributed by atoms with Crippen molar-refractivity contribution in [1.29, 1.82) is 0 Å². The van der Waals surface area contributed by atoms with Gasteiger partial charge in [-0.25, -0.2) is 9.97 Å². The van der Waals surface area contributed by atoms with Crippen LogP contribution in [0.1, 0.15) is 21.6 Å². The molecule has 5 nitrogen and oxygen atoms in total. The molecule has 19 heavy (non-hydrogen) atoms. The molecule has 2 rings (SSSR count). The predicted molar refractivity (Wildman–Crippen MR) is 72.4 cm³/mol. The molecule has 0 bridgehead atoms. The monoisotopic (exact) mass is 256 g/mol. The molecule has 0 unspecified atom stereocenters. The van der Waals surface area contributed by atoms with Crippen molar-refractivity contribution in [2.24, 2.45) is 5.73 Å². The van der Waals surface area contributed by atoms with Gasteiger partial charge in [-0.15, -0.1) is 0 Å². The summed E-state index contributed by atoms with van der Waals surface area (Å²) in [5.41, 5.74) is 7.99. The number of nitrogens with two attached hydrogens (primary N) is 1. The van der Waals surface area contributed by atoms with Gasteiger partial charge in [0.05, 0.1) is 12.2 Å². The lowest BCUT2D eigenvalue weighted by Gasteiger charge is -2.06. The van der Waals surface area contributed by atoms with Gasteiger partial charge in [0.1, 0.15) is 6.33 Å². The molecule has 0 aliphatic carbocycles. The molecule has 1 aromatic carbocycles. The summed E-state index contributed by atoms with van der Waals surface area (Å²) >= 11 is 0. The van der Waals surface area contributed by atoms with E-state index in [4.69, 9.17) is 5.73 Å². The molecular formula is C14H16N4O. The van der Waals surface area contributed by atoms with Crippen LogP contribution in [0.25, 0.3) is 0 Å². The lowest BCUT2D eigenvalue weighted by molar-refractivity contribution is 0.0950. The summed E-state index contributed by atoms with van der Waals surface area (Å²) in [6.07, 6.45) is 3.88. The fourth-order valence-corrected chi connectivity index (χ4v) is 1.73. The summed E-state index contributed by atoms with van der Waals surface area (Å²) in [5, 5.41) is 2.82. The van der Waals surface area contributed by atoms with Gasteiger partial charge in [0.15, 0.2) is 0 Å². The SMILES string of the molecule is NCCc1cccc(C(=O)NCc2ccncn2)c1. The number of nitrogens with zero attached hydrogens (tertiary/aromatic N) is 2. The minimum Gasteiger partial charge on any atom is -0.346 e. The highest BCUT2D eigenvalue weighted by Gasteiger charge is 2.06. The Hall–Kier alpha value is -2.27. The molecule has 0 fully saturated rings. The van der Waals surface area contributed by atoms with Gasteiger partial charge in [0.2, 0.25) is 0 Å². The first-order valence-corrected chi connectivity index (χ1v) is 6.11. The molecule has 1 aromatic heterocycles. The molecular weight excluding hydrogens is 240 g/mol. The van der Waals surface area contributed by atoms with Crippen molar-refractivity contribution in [3.8, 4) is 0 Å². The number of carbonyl (C=O) groups excluding carboxylic acids is 1. The Bertz CT molecular complexity index is 542. The molecule has 2 aromatic rings. The Morgan fingerprint density at radius 2 is 2.21 bits per heavy atom. The molecule has 0 spiro atoms. The maximum absolute atomic E-state index is 12.0. The molecule has 0 saturated heterocycles. The van der Waals surface area contributed by atoms with E-state index in [1.807, 2.05) is 18.2 Å². The normalized spacial score (nSPS) is 10.2. The zero-order valence-electron chi connectivity index (χ0n) is 10.5. The second-order valence-electron chi connectivity index (χ2n) is 4.12. The maximum atomic E-state index is 12.0. The third kappa shape index (κ3) is 3.86. The average molecular weight is 256 g/mol. The van der Waals surface area contributed by atoms with Crippen LogP contribution < -0.4 is 11.1 Å². The highest BCUT2D eigenvalue weighted by molar-refractivity contribution is 5.94. The van der Waals surface area contributed by atoms with Crippen molar-refractivity contribution in [1.82, 2.24) is 15.3 Å².